The van der Waals surface area contributed by atoms with Gasteiger partial charge in [0.15, 0.2) is 0 Å². The first-order valence-corrected chi connectivity index (χ1v) is 9.18. The second-order valence-corrected chi connectivity index (χ2v) is 6.08. The van der Waals surface area contributed by atoms with Crippen molar-refractivity contribution in [3.05, 3.63) is 72.1 Å². The fourth-order valence-electron chi connectivity index (χ4n) is 2.68. The highest BCUT2D eigenvalue weighted by molar-refractivity contribution is 6.23. The van der Waals surface area contributed by atoms with Gasteiger partial charge in [0.25, 0.3) is 0 Å². The Bertz CT molecular complexity index is 926. The molecule has 2 aromatic rings. The van der Waals surface area contributed by atoms with E-state index in [1.807, 2.05) is 62.4 Å². The number of aliphatic imine (C=N–C) groups is 1. The van der Waals surface area contributed by atoms with Crippen molar-refractivity contribution in [3.8, 4) is 11.5 Å². The molecule has 0 heterocycles. The van der Waals surface area contributed by atoms with E-state index in [4.69, 9.17) is 20.6 Å². The molecule has 0 atom stereocenters. The average molecular weight is 376 g/mol. The Hall–Kier alpha value is -3.54. The molecule has 0 bridgehead atoms. The van der Waals surface area contributed by atoms with Gasteiger partial charge in [-0.25, -0.2) is 4.99 Å². The Labute approximate surface area is 164 Å². The highest BCUT2D eigenvalue weighted by Gasteiger charge is 2.15. The predicted molar refractivity (Wildman–Crippen MR) is 114 cm³/mol. The fourth-order valence-corrected chi connectivity index (χ4v) is 2.68. The smallest absolute Gasteiger partial charge is 0.119 e. The molecule has 4 N–H and O–H groups in total. The summed E-state index contributed by atoms with van der Waals surface area (Å²) in [6.45, 7) is 5.13. The van der Waals surface area contributed by atoms with E-state index < -0.39 is 0 Å². The molecular weight excluding hydrogens is 352 g/mol. The van der Waals surface area contributed by atoms with Gasteiger partial charge in [-0.05, 0) is 74.5 Å². The summed E-state index contributed by atoms with van der Waals surface area (Å²) >= 11 is 0. The second-order valence-electron chi connectivity index (χ2n) is 6.08. The molecule has 0 aromatic heterocycles. The fraction of sp³-hybridized carbons (Fsp3) is 0.182. The molecule has 0 radical (unpaired) electrons. The van der Waals surface area contributed by atoms with E-state index in [-0.39, 0.29) is 0 Å². The Morgan fingerprint density at radius 2 is 1.46 bits per heavy atom. The maximum Gasteiger partial charge on any atom is 0.119 e. The summed E-state index contributed by atoms with van der Waals surface area (Å²) < 4.78 is 10.9. The van der Waals surface area contributed by atoms with Gasteiger partial charge >= 0.3 is 0 Å². The Morgan fingerprint density at radius 3 is 2.04 bits per heavy atom. The number of nitrogens with zero attached hydrogens (tertiary/aromatic N) is 1. The topological polar surface area (TPSA) is 92.7 Å². The lowest BCUT2D eigenvalue weighted by Gasteiger charge is -2.16. The standard InChI is InChI=1S/C22H24N4O2/c1-3-27-17-9-5-15(6-10-17)25-21-14-22(20(24)13-19(21)23)26-16-7-11-18(12-8-16)28-4-2/h5-14,23,25H,3-4,24H2,1-2H3/b23-19?,26-22-. The SMILES string of the molecule is CCOc1ccc(/N=C2/C=C(Nc3ccc(OCC)cc3)C(=N)C=C2N)cc1. The van der Waals surface area contributed by atoms with Crippen LogP contribution < -0.4 is 20.5 Å². The van der Waals surface area contributed by atoms with Crippen molar-refractivity contribution in [2.24, 2.45) is 10.7 Å². The third-order valence-electron chi connectivity index (χ3n) is 4.01. The first kappa shape index (κ1) is 19.2. The monoisotopic (exact) mass is 376 g/mol. The van der Waals surface area contributed by atoms with Crippen molar-refractivity contribution in [2.75, 3.05) is 18.5 Å². The first-order valence-electron chi connectivity index (χ1n) is 9.18. The average Bonchev–Trinajstić information content (AvgIpc) is 2.69. The van der Waals surface area contributed by atoms with Gasteiger partial charge in [0.1, 0.15) is 11.5 Å². The molecule has 0 amide bonds. The van der Waals surface area contributed by atoms with E-state index in [1.165, 1.54) is 0 Å². The number of anilines is 1. The third kappa shape index (κ3) is 4.79. The van der Waals surface area contributed by atoms with E-state index in [2.05, 4.69) is 10.3 Å². The number of hydrogen-bond acceptors (Lipinski definition) is 6. The van der Waals surface area contributed by atoms with Gasteiger partial charge in [0.2, 0.25) is 0 Å². The van der Waals surface area contributed by atoms with Gasteiger partial charge in [-0.1, -0.05) is 0 Å². The number of ether oxygens (including phenoxy) is 2. The third-order valence-corrected chi connectivity index (χ3v) is 4.01. The minimum Gasteiger partial charge on any atom is -0.494 e. The lowest BCUT2D eigenvalue weighted by atomic mass is 10.0. The van der Waals surface area contributed by atoms with Crippen molar-refractivity contribution >= 4 is 22.8 Å². The van der Waals surface area contributed by atoms with Gasteiger partial charge in [0.05, 0.1) is 41.7 Å². The normalized spacial score (nSPS) is 15.1. The van der Waals surface area contributed by atoms with Crippen LogP contribution in [0.3, 0.4) is 0 Å². The van der Waals surface area contributed by atoms with Crippen molar-refractivity contribution in [1.82, 2.24) is 0 Å². The number of hydrogen-bond donors (Lipinski definition) is 3. The highest BCUT2D eigenvalue weighted by Crippen LogP contribution is 2.22. The molecule has 0 saturated heterocycles. The highest BCUT2D eigenvalue weighted by atomic mass is 16.5. The summed E-state index contributed by atoms with van der Waals surface area (Å²) in [6.07, 6.45) is 3.38. The van der Waals surface area contributed by atoms with Crippen LogP contribution in [-0.4, -0.2) is 24.6 Å². The van der Waals surface area contributed by atoms with Gasteiger partial charge < -0.3 is 20.5 Å². The van der Waals surface area contributed by atoms with Crippen LogP contribution in [0.1, 0.15) is 13.8 Å². The van der Waals surface area contributed by atoms with Crippen LogP contribution in [-0.2, 0) is 0 Å². The van der Waals surface area contributed by atoms with Crippen LogP contribution in [0.2, 0.25) is 0 Å². The van der Waals surface area contributed by atoms with Crippen LogP contribution >= 0.6 is 0 Å². The van der Waals surface area contributed by atoms with Gasteiger partial charge in [-0.2, -0.15) is 0 Å². The predicted octanol–water partition coefficient (Wildman–Crippen LogP) is 4.43. The minimum atomic E-state index is 0.303. The maximum atomic E-state index is 8.19. The molecule has 0 saturated carbocycles. The molecule has 0 unspecified atom stereocenters. The van der Waals surface area contributed by atoms with Gasteiger partial charge in [-0.15, -0.1) is 0 Å². The van der Waals surface area contributed by atoms with Crippen LogP contribution in [0.4, 0.5) is 11.4 Å². The van der Waals surface area contributed by atoms with Crippen molar-refractivity contribution in [2.45, 2.75) is 13.8 Å². The van der Waals surface area contributed by atoms with Gasteiger partial charge in [-0.3, -0.25) is 5.41 Å². The number of nitrogens with one attached hydrogen (secondary N) is 2. The summed E-state index contributed by atoms with van der Waals surface area (Å²) in [7, 11) is 0. The zero-order chi connectivity index (χ0) is 19.9. The van der Waals surface area contributed by atoms with Crippen LogP contribution in [0.25, 0.3) is 0 Å². The first-order chi connectivity index (χ1) is 13.6. The Morgan fingerprint density at radius 1 is 0.893 bits per heavy atom. The molecule has 144 valence electrons. The summed E-state index contributed by atoms with van der Waals surface area (Å²) in [4.78, 5) is 4.60. The summed E-state index contributed by atoms with van der Waals surface area (Å²) in [5.74, 6) is 1.61. The van der Waals surface area contributed by atoms with Crippen molar-refractivity contribution in [1.29, 1.82) is 5.41 Å². The second kappa shape index (κ2) is 8.90. The van der Waals surface area contributed by atoms with Crippen molar-refractivity contribution in [3.63, 3.8) is 0 Å². The number of allylic oxidation sites excluding steroid dienone is 2. The zero-order valence-corrected chi connectivity index (χ0v) is 16.0. The lowest BCUT2D eigenvalue weighted by Crippen LogP contribution is -2.21. The molecular formula is C22H24N4O2. The molecule has 0 spiro atoms. The van der Waals surface area contributed by atoms with Gasteiger partial charge in [0, 0.05) is 5.69 Å². The quantitative estimate of drug-likeness (QED) is 0.623. The summed E-state index contributed by atoms with van der Waals surface area (Å²) in [6, 6.07) is 15.1. The van der Waals surface area contributed by atoms with Crippen molar-refractivity contribution < 1.29 is 9.47 Å². The lowest BCUT2D eigenvalue weighted by molar-refractivity contribution is 0.340. The molecule has 1 aliphatic carbocycles. The molecule has 28 heavy (non-hydrogen) atoms. The molecule has 2 aromatic carbocycles. The van der Waals surface area contributed by atoms with E-state index in [0.29, 0.717) is 36.0 Å². The molecule has 6 nitrogen and oxygen atoms in total. The van der Waals surface area contributed by atoms with E-state index in [0.717, 1.165) is 22.9 Å². The Balaban J connectivity index is 1.80. The van der Waals surface area contributed by atoms with E-state index in [1.54, 1.807) is 12.2 Å². The molecule has 0 aliphatic heterocycles. The number of benzene rings is 2. The maximum absolute atomic E-state index is 8.19. The number of rotatable bonds is 7. The molecule has 0 fully saturated rings. The number of nitrogens with two attached hydrogens (primary N) is 1. The molecule has 3 rings (SSSR count). The summed E-state index contributed by atoms with van der Waals surface area (Å²) in [5, 5.41) is 11.4. The summed E-state index contributed by atoms with van der Waals surface area (Å²) in [5.41, 5.74) is 9.69. The zero-order valence-electron chi connectivity index (χ0n) is 16.0. The van der Waals surface area contributed by atoms with E-state index in [9.17, 15) is 0 Å². The van der Waals surface area contributed by atoms with E-state index >= 15 is 0 Å². The largest absolute Gasteiger partial charge is 0.494 e. The molecule has 1 aliphatic rings. The minimum absolute atomic E-state index is 0.303. The van der Waals surface area contributed by atoms with Crippen LogP contribution in [0.15, 0.2) is 77.1 Å². The van der Waals surface area contributed by atoms with Crippen LogP contribution in [0, 0.1) is 5.41 Å². The molecule has 6 heteroatoms. The Kier molecular flexibility index (Phi) is 6.11. The van der Waals surface area contributed by atoms with Crippen LogP contribution in [0.5, 0.6) is 11.5 Å².